The van der Waals surface area contributed by atoms with Gasteiger partial charge in [0.1, 0.15) is 6.10 Å². The van der Waals surface area contributed by atoms with Gasteiger partial charge in [-0.25, -0.2) is 19.2 Å². The summed E-state index contributed by atoms with van der Waals surface area (Å²) in [5.74, 6) is -12.4. The summed E-state index contributed by atoms with van der Waals surface area (Å²) >= 11 is 0. The molecule has 0 spiro atoms. The zero-order valence-electron chi connectivity index (χ0n) is 16.9. The van der Waals surface area contributed by atoms with E-state index in [1.165, 1.54) is 0 Å². The summed E-state index contributed by atoms with van der Waals surface area (Å²) in [6.07, 6.45) is -11.5. The third kappa shape index (κ3) is 16.7. The molecular formula is C14H19NaO19. The molecule has 11 N–H and O–H groups in total. The van der Waals surface area contributed by atoms with Crippen molar-refractivity contribution < 1.29 is 124 Å². The van der Waals surface area contributed by atoms with Crippen LogP contribution in [0.25, 0.3) is 0 Å². The fourth-order valence-electron chi connectivity index (χ4n) is 1.25. The molecular weight excluding hydrogens is 495 g/mol. The molecule has 0 aliphatic rings. The molecule has 19 nitrogen and oxygen atoms in total. The first kappa shape index (κ1) is 38.4. The molecule has 34 heavy (non-hydrogen) atoms. The zero-order chi connectivity index (χ0) is 27.3. The number of carboxylic acids is 7. The average Bonchev–Trinajstić information content (AvgIpc) is 2.64. The van der Waals surface area contributed by atoms with E-state index in [2.05, 4.69) is 0 Å². The predicted molar refractivity (Wildman–Crippen MR) is 89.0 cm³/mol. The molecule has 0 saturated heterocycles. The number of hydrogen-bond donors (Lipinski definition) is 11. The van der Waals surface area contributed by atoms with Crippen LogP contribution in [0, 0.1) is 0 Å². The Morgan fingerprint density at radius 1 is 0.588 bits per heavy atom. The van der Waals surface area contributed by atoms with Gasteiger partial charge in [0.05, 0.1) is 18.8 Å². The van der Waals surface area contributed by atoms with Gasteiger partial charge >= 0.3 is 65.4 Å². The topological polar surface area (TPSA) is 365 Å². The van der Waals surface area contributed by atoms with Gasteiger partial charge < -0.3 is 66.1 Å². The molecule has 0 rings (SSSR count). The number of rotatable bonds is 11. The Hall–Kier alpha value is -2.91. The fraction of sp³-hybridized carbons (Fsp3) is 0.500. The third-order valence-electron chi connectivity index (χ3n) is 2.88. The number of carboxylic acid groups (broad SMARTS) is 7. The van der Waals surface area contributed by atoms with Gasteiger partial charge in [-0.15, -0.1) is 0 Å². The largest absolute Gasteiger partial charge is 1.00 e. The minimum atomic E-state index is -2.74. The summed E-state index contributed by atoms with van der Waals surface area (Å²) in [6, 6.07) is 0. The monoisotopic (exact) mass is 514 g/mol. The summed E-state index contributed by atoms with van der Waals surface area (Å²) in [5, 5.41) is 100. The third-order valence-corrected chi connectivity index (χ3v) is 2.88. The van der Waals surface area contributed by atoms with Gasteiger partial charge in [-0.3, -0.25) is 9.59 Å². The van der Waals surface area contributed by atoms with Crippen LogP contribution in [-0.4, -0.2) is 128 Å². The van der Waals surface area contributed by atoms with Crippen LogP contribution in [-0.2, 0) is 33.6 Å². The van der Waals surface area contributed by atoms with Crippen molar-refractivity contribution in [2.45, 2.75) is 42.9 Å². The second-order valence-electron chi connectivity index (χ2n) is 5.59. The molecule has 0 aliphatic carbocycles. The van der Waals surface area contributed by atoms with Crippen LogP contribution in [0.15, 0.2) is 0 Å². The molecule has 20 heteroatoms. The Kier molecular flexibility index (Phi) is 19.8. The van der Waals surface area contributed by atoms with Gasteiger partial charge in [0.25, 0.3) is 0 Å². The van der Waals surface area contributed by atoms with E-state index in [-0.39, 0.29) is 29.6 Å². The Morgan fingerprint density at radius 3 is 0.941 bits per heavy atom. The van der Waals surface area contributed by atoms with Crippen molar-refractivity contribution in [3.63, 3.8) is 0 Å². The smallest absolute Gasteiger partial charge is 0.547 e. The second-order valence-corrected chi connectivity index (χ2v) is 5.59. The minimum absolute atomic E-state index is 0. The molecule has 0 aromatic heterocycles. The maximum absolute atomic E-state index is 10.3. The summed E-state index contributed by atoms with van der Waals surface area (Å²) < 4.78 is 0. The average molecular weight is 514 g/mol. The minimum Gasteiger partial charge on any atom is -0.547 e. The van der Waals surface area contributed by atoms with Crippen molar-refractivity contribution in [1.82, 2.24) is 0 Å². The van der Waals surface area contributed by atoms with Crippen molar-refractivity contribution in [3.05, 3.63) is 0 Å². The van der Waals surface area contributed by atoms with Gasteiger partial charge in [0, 0.05) is 0 Å². The number of aliphatic hydroxyl groups excluding tert-OH is 4. The Balaban J connectivity index is -0.000000198. The van der Waals surface area contributed by atoms with Gasteiger partial charge in [0.15, 0.2) is 23.9 Å². The summed E-state index contributed by atoms with van der Waals surface area (Å²) in [4.78, 5) is 69.4. The summed E-state index contributed by atoms with van der Waals surface area (Å²) in [5.41, 5.74) is -2.74. The first-order valence-corrected chi connectivity index (χ1v) is 7.72. The van der Waals surface area contributed by atoms with Crippen LogP contribution < -0.4 is 34.7 Å². The van der Waals surface area contributed by atoms with Gasteiger partial charge in [0.2, 0.25) is 0 Å². The van der Waals surface area contributed by atoms with E-state index in [0.29, 0.717) is 0 Å². The van der Waals surface area contributed by atoms with Crippen molar-refractivity contribution in [2.75, 3.05) is 0 Å². The molecule has 4 atom stereocenters. The fourth-order valence-corrected chi connectivity index (χ4v) is 1.25. The Labute approximate surface area is 209 Å². The van der Waals surface area contributed by atoms with Crippen molar-refractivity contribution in [3.8, 4) is 0 Å². The van der Waals surface area contributed by atoms with E-state index in [1.807, 2.05) is 0 Å². The van der Waals surface area contributed by atoms with Gasteiger partial charge in [-0.2, -0.15) is 0 Å². The molecule has 4 unspecified atom stereocenters. The van der Waals surface area contributed by atoms with E-state index in [1.54, 1.807) is 0 Å². The molecule has 0 heterocycles. The maximum Gasteiger partial charge on any atom is 1.00 e. The molecule has 190 valence electrons. The van der Waals surface area contributed by atoms with Gasteiger partial charge in [-0.1, -0.05) is 0 Å². The SMILES string of the molecule is O=C(O)C(O)C(O)C(=O)O.O=C(O)CC(O)(CC(=O)O)C(=O)O.O=C([O-])C(O)C(O)C(=O)O.[Na+]. The number of carbonyl (C=O) groups is 7. The molecule has 0 aliphatic heterocycles. The molecule has 0 saturated carbocycles. The van der Waals surface area contributed by atoms with Crippen molar-refractivity contribution >= 4 is 41.8 Å². The number of hydrogen-bond acceptors (Lipinski definition) is 13. The Bertz CT molecular complexity index is 659. The van der Waals surface area contributed by atoms with E-state index < -0.39 is 84.6 Å². The maximum atomic E-state index is 10.3. The second kappa shape index (κ2) is 17.6. The number of carbonyl (C=O) groups excluding carboxylic acids is 1. The van der Waals surface area contributed by atoms with Crippen LogP contribution in [0.2, 0.25) is 0 Å². The Morgan fingerprint density at radius 2 is 0.824 bits per heavy atom. The molecule has 0 fully saturated rings. The molecule has 0 aromatic carbocycles. The quantitative estimate of drug-likeness (QED) is 0.114. The van der Waals surface area contributed by atoms with Crippen molar-refractivity contribution in [1.29, 1.82) is 0 Å². The predicted octanol–water partition coefficient (Wildman–Crippen LogP) is -9.82. The standard InChI is InChI=1S/C6H8O7.2C4H6O6.Na/c7-3(8)1-6(13,5(11)12)2-4(9)10;2*5-1(3(7)8)2(6)4(9)10;/h13H,1-2H2,(H,7,8)(H,9,10)(H,11,12);2*1-2,5-6H,(H,7,8)(H,9,10);/q;;;+1/p-1. The number of aliphatic carboxylic acids is 7. The van der Waals surface area contributed by atoms with Crippen LogP contribution in [0.4, 0.5) is 0 Å². The van der Waals surface area contributed by atoms with Crippen LogP contribution in [0.1, 0.15) is 12.8 Å². The van der Waals surface area contributed by atoms with Crippen LogP contribution in [0.5, 0.6) is 0 Å². The van der Waals surface area contributed by atoms with Gasteiger partial charge in [-0.05, 0) is 0 Å². The van der Waals surface area contributed by atoms with Crippen molar-refractivity contribution in [2.24, 2.45) is 0 Å². The first-order valence-electron chi connectivity index (χ1n) is 7.72. The first-order chi connectivity index (χ1) is 14.7. The van der Waals surface area contributed by atoms with E-state index in [4.69, 9.17) is 56.2 Å². The van der Waals surface area contributed by atoms with Crippen LogP contribution in [0.3, 0.4) is 0 Å². The molecule has 0 aromatic rings. The van der Waals surface area contributed by atoms with E-state index in [0.717, 1.165) is 0 Å². The summed E-state index contributed by atoms with van der Waals surface area (Å²) in [6.45, 7) is 0. The van der Waals surface area contributed by atoms with E-state index >= 15 is 0 Å². The molecule has 0 bridgehead atoms. The normalized spacial score (nSPS) is 13.4. The zero-order valence-corrected chi connectivity index (χ0v) is 18.9. The number of aliphatic hydroxyl groups is 5. The molecule has 0 radical (unpaired) electrons. The van der Waals surface area contributed by atoms with E-state index in [9.17, 15) is 38.7 Å². The van der Waals surface area contributed by atoms with Crippen LogP contribution >= 0.6 is 0 Å². The summed E-state index contributed by atoms with van der Waals surface area (Å²) in [7, 11) is 0. The molecule has 0 amide bonds.